The lowest BCUT2D eigenvalue weighted by Crippen LogP contribution is -2.32. The molecule has 1 aliphatic heterocycles. The molecule has 1 aliphatic rings. The smallest absolute Gasteiger partial charge is 0.344 e. The second kappa shape index (κ2) is 5.31. The lowest BCUT2D eigenvalue weighted by Gasteiger charge is -2.22. The molecule has 6 nitrogen and oxygen atoms in total. The molecule has 0 amide bonds. The summed E-state index contributed by atoms with van der Waals surface area (Å²) >= 11 is 0. The number of rotatable bonds is 4. The molecule has 0 radical (unpaired) electrons. The van der Waals surface area contributed by atoms with Crippen molar-refractivity contribution in [2.45, 2.75) is 27.2 Å². The Bertz CT molecular complexity index is 465. The third-order valence-corrected chi connectivity index (χ3v) is 3.54. The highest BCUT2D eigenvalue weighted by atomic mass is 32.2. The maximum atomic E-state index is 11.6. The molecular weight excluding hydrogens is 244 g/mol. The lowest BCUT2D eigenvalue weighted by atomic mass is 10.2. The molecule has 1 heterocycles. The normalized spacial score (nSPS) is 18.4. The van der Waals surface area contributed by atoms with Crippen LogP contribution in [0.1, 0.15) is 27.2 Å². The van der Waals surface area contributed by atoms with E-state index in [0.29, 0.717) is 13.0 Å². The van der Waals surface area contributed by atoms with Gasteiger partial charge in [0.15, 0.2) is 0 Å². The maximum Gasteiger partial charge on any atom is 0.344 e. The van der Waals surface area contributed by atoms with Crippen molar-refractivity contribution >= 4 is 21.9 Å². The lowest BCUT2D eigenvalue weighted by molar-refractivity contribution is -0.137. The molecule has 7 heteroatoms. The highest BCUT2D eigenvalue weighted by Crippen LogP contribution is 2.17. The fraction of sp³-hybridized carbons (Fsp3) is 0.600. The van der Waals surface area contributed by atoms with E-state index in [1.165, 1.54) is 13.1 Å². The first-order valence-corrected chi connectivity index (χ1v) is 6.79. The molecule has 1 rings (SSSR count). The van der Waals surface area contributed by atoms with E-state index in [9.17, 15) is 13.2 Å². The standard InChI is InChI=1S/C10H16N2O4S/c1-4-6-12-7-9(10(13)16-5-2)8(3)11-17(12,14)15/h7H,4-6H2,1-3H3. The van der Waals surface area contributed by atoms with Gasteiger partial charge in [0.05, 0.1) is 17.9 Å². The average molecular weight is 260 g/mol. The summed E-state index contributed by atoms with van der Waals surface area (Å²) in [6.07, 6.45) is 1.93. The molecular formula is C10H16N2O4S. The van der Waals surface area contributed by atoms with Crippen molar-refractivity contribution in [3.8, 4) is 0 Å². The first-order valence-electron chi connectivity index (χ1n) is 5.40. The first-order chi connectivity index (χ1) is 7.92. The van der Waals surface area contributed by atoms with Crippen LogP contribution in [0, 0.1) is 0 Å². The molecule has 0 atom stereocenters. The van der Waals surface area contributed by atoms with Crippen LogP contribution >= 0.6 is 0 Å². The fourth-order valence-electron chi connectivity index (χ4n) is 1.39. The van der Waals surface area contributed by atoms with Gasteiger partial charge in [-0.2, -0.15) is 8.42 Å². The molecule has 0 fully saturated rings. The van der Waals surface area contributed by atoms with Crippen molar-refractivity contribution in [1.82, 2.24) is 4.31 Å². The van der Waals surface area contributed by atoms with Crippen LogP contribution in [0.2, 0.25) is 0 Å². The molecule has 17 heavy (non-hydrogen) atoms. The molecule has 0 aliphatic carbocycles. The minimum Gasteiger partial charge on any atom is -0.462 e. The summed E-state index contributed by atoms with van der Waals surface area (Å²) < 4.78 is 32.7. The zero-order valence-electron chi connectivity index (χ0n) is 10.1. The molecule has 0 spiro atoms. The zero-order valence-corrected chi connectivity index (χ0v) is 11.0. The highest BCUT2D eigenvalue weighted by molar-refractivity contribution is 7.88. The van der Waals surface area contributed by atoms with Crippen LogP contribution in [0.3, 0.4) is 0 Å². The molecule has 0 N–H and O–H groups in total. The van der Waals surface area contributed by atoms with Crippen molar-refractivity contribution in [2.24, 2.45) is 4.40 Å². The number of hydrogen-bond donors (Lipinski definition) is 0. The second-order valence-corrected chi connectivity index (χ2v) is 5.08. The summed E-state index contributed by atoms with van der Waals surface area (Å²) in [6.45, 7) is 5.54. The van der Waals surface area contributed by atoms with Gasteiger partial charge in [0, 0.05) is 12.7 Å². The zero-order chi connectivity index (χ0) is 13.1. The third kappa shape index (κ3) is 3.06. The van der Waals surface area contributed by atoms with Crippen LogP contribution < -0.4 is 0 Å². The van der Waals surface area contributed by atoms with Gasteiger partial charge in [-0.25, -0.2) is 4.79 Å². The monoisotopic (exact) mass is 260 g/mol. The number of hydrogen-bond acceptors (Lipinski definition) is 4. The number of nitrogens with zero attached hydrogens (tertiary/aromatic N) is 2. The Morgan fingerprint density at radius 3 is 2.65 bits per heavy atom. The van der Waals surface area contributed by atoms with Gasteiger partial charge in [0.25, 0.3) is 0 Å². The minimum atomic E-state index is -3.68. The fourth-order valence-corrected chi connectivity index (χ4v) is 2.59. The molecule has 0 saturated heterocycles. The van der Waals surface area contributed by atoms with Crippen molar-refractivity contribution in [3.63, 3.8) is 0 Å². The minimum absolute atomic E-state index is 0.163. The van der Waals surface area contributed by atoms with Crippen LogP contribution in [0.5, 0.6) is 0 Å². The van der Waals surface area contributed by atoms with Crippen LogP contribution in [0.15, 0.2) is 16.2 Å². The Morgan fingerprint density at radius 1 is 1.47 bits per heavy atom. The van der Waals surface area contributed by atoms with Gasteiger partial charge < -0.3 is 4.74 Å². The van der Waals surface area contributed by atoms with Crippen molar-refractivity contribution in [3.05, 3.63) is 11.8 Å². The molecule has 96 valence electrons. The van der Waals surface area contributed by atoms with E-state index in [0.717, 1.165) is 4.31 Å². The summed E-state index contributed by atoms with van der Waals surface area (Å²) in [5.74, 6) is -0.551. The van der Waals surface area contributed by atoms with Gasteiger partial charge in [0.2, 0.25) is 0 Å². The summed E-state index contributed by atoms with van der Waals surface area (Å²) in [6, 6.07) is 0. The van der Waals surface area contributed by atoms with Gasteiger partial charge in [-0.15, -0.1) is 4.40 Å². The molecule has 0 aromatic rings. The molecule has 0 aromatic carbocycles. The van der Waals surface area contributed by atoms with Crippen LogP contribution in [0.25, 0.3) is 0 Å². The second-order valence-electron chi connectivity index (χ2n) is 3.53. The van der Waals surface area contributed by atoms with Crippen LogP contribution in [-0.2, 0) is 19.7 Å². The summed E-state index contributed by atoms with van der Waals surface area (Å²) in [4.78, 5) is 11.6. The number of ether oxygens (including phenoxy) is 1. The van der Waals surface area contributed by atoms with E-state index in [1.807, 2.05) is 6.92 Å². The third-order valence-electron chi connectivity index (χ3n) is 2.15. The summed E-state index contributed by atoms with van der Waals surface area (Å²) in [5, 5.41) is 0. The van der Waals surface area contributed by atoms with E-state index in [4.69, 9.17) is 4.74 Å². The maximum absolute atomic E-state index is 11.6. The Hall–Kier alpha value is -1.37. The molecule has 0 saturated carbocycles. The van der Waals surface area contributed by atoms with E-state index in [2.05, 4.69) is 4.40 Å². The molecule has 0 bridgehead atoms. The van der Waals surface area contributed by atoms with Gasteiger partial charge >= 0.3 is 16.2 Å². The van der Waals surface area contributed by atoms with E-state index < -0.39 is 16.2 Å². The Balaban J connectivity index is 3.07. The Labute approximate surface area is 101 Å². The Morgan fingerprint density at radius 2 is 2.12 bits per heavy atom. The van der Waals surface area contributed by atoms with Gasteiger partial charge in [-0.1, -0.05) is 6.92 Å². The Kier molecular flexibility index (Phi) is 4.28. The predicted octanol–water partition coefficient (Wildman–Crippen LogP) is 0.865. The van der Waals surface area contributed by atoms with Crippen molar-refractivity contribution in [2.75, 3.05) is 13.2 Å². The van der Waals surface area contributed by atoms with E-state index in [1.54, 1.807) is 6.92 Å². The largest absolute Gasteiger partial charge is 0.462 e. The van der Waals surface area contributed by atoms with Crippen molar-refractivity contribution < 1.29 is 17.9 Å². The summed E-state index contributed by atoms with van der Waals surface area (Å²) in [7, 11) is -3.68. The average Bonchev–Trinajstić information content (AvgIpc) is 2.21. The number of esters is 1. The van der Waals surface area contributed by atoms with E-state index >= 15 is 0 Å². The van der Waals surface area contributed by atoms with Gasteiger partial charge in [-0.3, -0.25) is 4.31 Å². The number of carbonyl (C=O) groups is 1. The highest BCUT2D eigenvalue weighted by Gasteiger charge is 2.27. The van der Waals surface area contributed by atoms with Gasteiger partial charge in [0.1, 0.15) is 0 Å². The van der Waals surface area contributed by atoms with Crippen LogP contribution in [0.4, 0.5) is 0 Å². The number of carbonyl (C=O) groups excluding carboxylic acids is 1. The predicted molar refractivity (Wildman–Crippen MR) is 63.7 cm³/mol. The molecule has 0 unspecified atom stereocenters. The van der Waals surface area contributed by atoms with Crippen molar-refractivity contribution in [1.29, 1.82) is 0 Å². The topological polar surface area (TPSA) is 76.0 Å². The van der Waals surface area contributed by atoms with E-state index in [-0.39, 0.29) is 17.9 Å². The first kappa shape index (κ1) is 13.7. The van der Waals surface area contributed by atoms with Gasteiger partial charge in [-0.05, 0) is 20.3 Å². The SMILES string of the molecule is CCCN1C=C(C(=O)OCC)C(C)=NS1(=O)=O. The summed E-state index contributed by atoms with van der Waals surface area (Å²) in [5.41, 5.74) is 0.353. The van der Waals surface area contributed by atoms with Crippen LogP contribution in [-0.4, -0.2) is 37.6 Å². The molecule has 0 aromatic heterocycles. The quantitative estimate of drug-likeness (QED) is 0.703.